The summed E-state index contributed by atoms with van der Waals surface area (Å²) in [7, 11) is 0. The lowest BCUT2D eigenvalue weighted by molar-refractivity contribution is 0.155. The zero-order valence-corrected chi connectivity index (χ0v) is 12.7. The third kappa shape index (κ3) is 3.57. The van der Waals surface area contributed by atoms with E-state index in [1.807, 2.05) is 30.3 Å². The van der Waals surface area contributed by atoms with E-state index >= 15 is 0 Å². The van der Waals surface area contributed by atoms with Gasteiger partial charge in [-0.2, -0.15) is 0 Å². The number of amides is 1. The molecular weight excluding hydrogens is 319 g/mol. The Labute approximate surface area is 136 Å². The van der Waals surface area contributed by atoms with E-state index in [-0.39, 0.29) is 11.8 Å². The molecular formula is C17H12ClFN2O2. The first kappa shape index (κ1) is 15.2. The Hall–Kier alpha value is -2.66. The third-order valence-electron chi connectivity index (χ3n) is 3.25. The summed E-state index contributed by atoms with van der Waals surface area (Å²) in [5.41, 5.74) is 1.33. The molecule has 0 saturated heterocycles. The second kappa shape index (κ2) is 6.62. The maximum atomic E-state index is 13.6. The van der Waals surface area contributed by atoms with E-state index < -0.39 is 11.9 Å². The van der Waals surface area contributed by atoms with E-state index in [1.54, 1.807) is 12.1 Å². The number of carbonyl (C=O) groups excluding carboxylic acids is 1. The molecule has 2 aromatic carbocycles. The van der Waals surface area contributed by atoms with Crippen molar-refractivity contribution < 1.29 is 13.9 Å². The highest BCUT2D eigenvalue weighted by atomic mass is 35.5. The van der Waals surface area contributed by atoms with E-state index in [0.29, 0.717) is 16.5 Å². The molecule has 0 unspecified atom stereocenters. The fraction of sp³-hybridized carbons (Fsp3) is 0.0588. The molecule has 0 aliphatic rings. The monoisotopic (exact) mass is 330 g/mol. The van der Waals surface area contributed by atoms with Gasteiger partial charge in [-0.25, -0.2) is 14.2 Å². The third-order valence-corrected chi connectivity index (χ3v) is 3.55. The highest BCUT2D eigenvalue weighted by molar-refractivity contribution is 6.34. The molecule has 0 aliphatic carbocycles. The molecule has 3 rings (SSSR count). The Kier molecular flexibility index (Phi) is 4.39. The smallest absolute Gasteiger partial charge is 0.411 e. The SMILES string of the molecule is O=C(Nc1ccc2c(F)cnc(Cl)c2c1)OCc1ccccc1. The summed E-state index contributed by atoms with van der Waals surface area (Å²) < 4.78 is 18.8. The predicted octanol–water partition coefficient (Wildman–Crippen LogP) is 4.78. The quantitative estimate of drug-likeness (QED) is 0.703. The van der Waals surface area contributed by atoms with Gasteiger partial charge >= 0.3 is 6.09 Å². The molecule has 1 N–H and O–H groups in total. The Morgan fingerprint density at radius 3 is 2.74 bits per heavy atom. The van der Waals surface area contributed by atoms with Crippen LogP contribution >= 0.6 is 11.6 Å². The van der Waals surface area contributed by atoms with Gasteiger partial charge in [0.15, 0.2) is 0 Å². The van der Waals surface area contributed by atoms with E-state index in [2.05, 4.69) is 10.3 Å². The van der Waals surface area contributed by atoms with Crippen LogP contribution in [0.4, 0.5) is 14.9 Å². The molecule has 0 radical (unpaired) electrons. The summed E-state index contributed by atoms with van der Waals surface area (Å²) in [6.45, 7) is 0.164. The summed E-state index contributed by atoms with van der Waals surface area (Å²) in [4.78, 5) is 15.6. The van der Waals surface area contributed by atoms with Crippen LogP contribution in [-0.4, -0.2) is 11.1 Å². The zero-order valence-electron chi connectivity index (χ0n) is 11.9. The van der Waals surface area contributed by atoms with E-state index in [0.717, 1.165) is 11.8 Å². The van der Waals surface area contributed by atoms with Crippen LogP contribution in [0.15, 0.2) is 54.7 Å². The predicted molar refractivity (Wildman–Crippen MR) is 87.0 cm³/mol. The fourth-order valence-electron chi connectivity index (χ4n) is 2.13. The topological polar surface area (TPSA) is 51.2 Å². The molecule has 23 heavy (non-hydrogen) atoms. The van der Waals surface area contributed by atoms with Crippen LogP contribution in [0.1, 0.15) is 5.56 Å². The lowest BCUT2D eigenvalue weighted by Crippen LogP contribution is -2.13. The average Bonchev–Trinajstić information content (AvgIpc) is 2.57. The number of carbonyl (C=O) groups is 1. The van der Waals surface area contributed by atoms with Gasteiger partial charge < -0.3 is 4.74 Å². The molecule has 6 heteroatoms. The van der Waals surface area contributed by atoms with Crippen LogP contribution in [0, 0.1) is 5.82 Å². The lowest BCUT2D eigenvalue weighted by Gasteiger charge is -2.08. The summed E-state index contributed by atoms with van der Waals surface area (Å²) in [5, 5.41) is 3.51. The van der Waals surface area contributed by atoms with E-state index in [4.69, 9.17) is 16.3 Å². The van der Waals surface area contributed by atoms with Crippen molar-refractivity contribution in [3.63, 3.8) is 0 Å². The van der Waals surface area contributed by atoms with Gasteiger partial charge in [-0.1, -0.05) is 41.9 Å². The molecule has 116 valence electrons. The summed E-state index contributed by atoms with van der Waals surface area (Å²) in [5.74, 6) is -0.470. The highest BCUT2D eigenvalue weighted by Crippen LogP contribution is 2.26. The van der Waals surface area contributed by atoms with Crippen LogP contribution in [0.25, 0.3) is 10.8 Å². The number of ether oxygens (including phenoxy) is 1. The van der Waals surface area contributed by atoms with Crippen molar-refractivity contribution in [2.24, 2.45) is 0 Å². The molecule has 1 amide bonds. The van der Waals surface area contributed by atoms with Crippen molar-refractivity contribution in [2.75, 3.05) is 5.32 Å². The average molecular weight is 331 g/mol. The fourth-order valence-corrected chi connectivity index (χ4v) is 2.34. The van der Waals surface area contributed by atoms with Gasteiger partial charge in [0.25, 0.3) is 0 Å². The molecule has 0 fully saturated rings. The van der Waals surface area contributed by atoms with Gasteiger partial charge in [0.05, 0.1) is 6.20 Å². The van der Waals surface area contributed by atoms with Gasteiger partial charge in [0.1, 0.15) is 17.6 Å². The number of fused-ring (bicyclic) bond motifs is 1. The number of pyridine rings is 1. The van der Waals surface area contributed by atoms with Crippen LogP contribution in [0.3, 0.4) is 0 Å². The van der Waals surface area contributed by atoms with Gasteiger partial charge in [-0.15, -0.1) is 0 Å². The standard InChI is InChI=1S/C17H12ClFN2O2/c18-16-14-8-12(6-7-13(14)15(19)9-20-16)21-17(22)23-10-11-4-2-1-3-5-11/h1-9H,10H2,(H,21,22). The first-order valence-electron chi connectivity index (χ1n) is 6.85. The van der Waals surface area contributed by atoms with Gasteiger partial charge in [0, 0.05) is 16.5 Å². The van der Waals surface area contributed by atoms with Crippen molar-refractivity contribution >= 4 is 34.2 Å². The molecule has 0 atom stereocenters. The van der Waals surface area contributed by atoms with Crippen LogP contribution in [-0.2, 0) is 11.3 Å². The minimum Gasteiger partial charge on any atom is -0.444 e. The maximum Gasteiger partial charge on any atom is 0.411 e. The Balaban J connectivity index is 1.71. The number of benzene rings is 2. The second-order valence-electron chi connectivity index (χ2n) is 4.84. The highest BCUT2D eigenvalue weighted by Gasteiger charge is 2.09. The van der Waals surface area contributed by atoms with Gasteiger partial charge in [-0.05, 0) is 23.8 Å². The Morgan fingerprint density at radius 1 is 1.17 bits per heavy atom. The largest absolute Gasteiger partial charge is 0.444 e. The minimum absolute atomic E-state index is 0.164. The van der Waals surface area contributed by atoms with Crippen molar-refractivity contribution in [1.29, 1.82) is 0 Å². The Bertz CT molecular complexity index is 856. The van der Waals surface area contributed by atoms with Crippen molar-refractivity contribution in [3.05, 3.63) is 71.3 Å². The number of anilines is 1. The van der Waals surface area contributed by atoms with Gasteiger partial charge in [-0.3, -0.25) is 5.32 Å². The summed E-state index contributed by atoms with van der Waals surface area (Å²) in [6.07, 6.45) is 0.458. The molecule has 0 spiro atoms. The zero-order chi connectivity index (χ0) is 16.2. The van der Waals surface area contributed by atoms with Crippen molar-refractivity contribution in [2.45, 2.75) is 6.61 Å². The lowest BCUT2D eigenvalue weighted by atomic mass is 10.1. The number of hydrogen-bond donors (Lipinski definition) is 1. The Morgan fingerprint density at radius 2 is 1.96 bits per heavy atom. The number of aromatic nitrogens is 1. The molecule has 0 aliphatic heterocycles. The van der Waals surface area contributed by atoms with Crippen LogP contribution in [0.2, 0.25) is 5.15 Å². The molecule has 3 aromatic rings. The molecule has 0 bridgehead atoms. The first-order chi connectivity index (χ1) is 11.1. The maximum absolute atomic E-state index is 13.6. The summed E-state index contributed by atoms with van der Waals surface area (Å²) in [6, 6.07) is 14.0. The van der Waals surface area contributed by atoms with Crippen LogP contribution < -0.4 is 5.32 Å². The molecule has 4 nitrogen and oxygen atoms in total. The van der Waals surface area contributed by atoms with Gasteiger partial charge in [0.2, 0.25) is 0 Å². The number of hydrogen-bond acceptors (Lipinski definition) is 3. The number of rotatable bonds is 3. The minimum atomic E-state index is -0.603. The normalized spacial score (nSPS) is 10.5. The van der Waals surface area contributed by atoms with Crippen molar-refractivity contribution in [3.8, 4) is 0 Å². The molecule has 0 saturated carbocycles. The number of halogens is 2. The second-order valence-corrected chi connectivity index (χ2v) is 5.20. The molecule has 1 heterocycles. The van der Waals surface area contributed by atoms with Crippen LogP contribution in [0.5, 0.6) is 0 Å². The number of nitrogens with zero attached hydrogens (tertiary/aromatic N) is 1. The van der Waals surface area contributed by atoms with E-state index in [9.17, 15) is 9.18 Å². The van der Waals surface area contributed by atoms with Crippen molar-refractivity contribution in [1.82, 2.24) is 4.98 Å². The first-order valence-corrected chi connectivity index (χ1v) is 7.23. The summed E-state index contributed by atoms with van der Waals surface area (Å²) >= 11 is 5.96. The van der Waals surface area contributed by atoms with E-state index in [1.165, 1.54) is 6.07 Å². The number of nitrogens with one attached hydrogen (secondary N) is 1. The molecule has 1 aromatic heterocycles.